The number of benzene rings is 1. The van der Waals surface area contributed by atoms with Gasteiger partial charge in [-0.2, -0.15) is 0 Å². The van der Waals surface area contributed by atoms with Crippen LogP contribution in [0.15, 0.2) is 42.6 Å². The van der Waals surface area contributed by atoms with Gasteiger partial charge in [-0.25, -0.2) is 4.98 Å². The molecule has 3 aromatic rings. The number of nitrogens with one attached hydrogen (secondary N) is 1. The zero-order valence-corrected chi connectivity index (χ0v) is 14.5. The third kappa shape index (κ3) is 2.64. The normalized spacial score (nSPS) is 19.6. The van der Waals surface area contributed by atoms with Crippen molar-refractivity contribution in [1.82, 2.24) is 14.7 Å². The van der Waals surface area contributed by atoms with Gasteiger partial charge in [0.05, 0.1) is 5.56 Å². The van der Waals surface area contributed by atoms with Crippen LogP contribution < -0.4 is 5.32 Å². The summed E-state index contributed by atoms with van der Waals surface area (Å²) in [4.78, 5) is 17.5. The van der Waals surface area contributed by atoms with Crippen molar-refractivity contribution in [2.75, 3.05) is 0 Å². The minimum absolute atomic E-state index is 0.181. The van der Waals surface area contributed by atoms with E-state index in [9.17, 15) is 4.79 Å². The van der Waals surface area contributed by atoms with Gasteiger partial charge in [-0.15, -0.1) is 0 Å². The van der Waals surface area contributed by atoms with Crippen molar-refractivity contribution in [2.45, 2.75) is 38.5 Å². The Bertz CT molecular complexity index is 978. The second-order valence-electron chi connectivity index (χ2n) is 6.90. The first kappa shape index (κ1) is 15.9. The van der Waals surface area contributed by atoms with Crippen LogP contribution in [0.4, 0.5) is 0 Å². The summed E-state index contributed by atoms with van der Waals surface area (Å²) in [6.45, 7) is 3.94. The van der Waals surface area contributed by atoms with Crippen molar-refractivity contribution >= 4 is 19.4 Å². The quantitative estimate of drug-likeness (QED) is 0.735. The van der Waals surface area contributed by atoms with Gasteiger partial charge in [0.25, 0.3) is 5.91 Å². The molecule has 5 heteroatoms. The Kier molecular flexibility index (Phi) is 3.67. The van der Waals surface area contributed by atoms with E-state index in [1.165, 1.54) is 5.56 Å². The molecule has 1 N–H and O–H groups in total. The summed E-state index contributed by atoms with van der Waals surface area (Å²) in [6, 6.07) is 11.9. The Labute approximate surface area is 148 Å². The Hall–Kier alpha value is -2.56. The Morgan fingerprint density at radius 2 is 2.08 bits per heavy atom. The minimum Gasteiger partial charge on any atom is -0.351 e. The molecule has 4 nitrogen and oxygen atoms in total. The molecule has 1 aromatic carbocycles. The number of hydrogen-bond acceptors (Lipinski definition) is 2. The molecule has 1 amide bonds. The average Bonchev–Trinajstić information content (AvgIpc) is 2.99. The average molecular weight is 329 g/mol. The smallest absolute Gasteiger partial charge is 0.255 e. The molecule has 0 saturated heterocycles. The predicted molar refractivity (Wildman–Crippen MR) is 98.9 cm³/mol. The lowest BCUT2D eigenvalue weighted by molar-refractivity contribution is 0.0922. The number of carbonyl (C=O) groups is 1. The van der Waals surface area contributed by atoms with Gasteiger partial charge in [-0.1, -0.05) is 24.3 Å². The first-order valence-electron chi connectivity index (χ1n) is 8.63. The van der Waals surface area contributed by atoms with E-state index in [1.54, 1.807) is 0 Å². The lowest BCUT2D eigenvalue weighted by Gasteiger charge is -2.37. The van der Waals surface area contributed by atoms with E-state index in [4.69, 9.17) is 7.85 Å². The van der Waals surface area contributed by atoms with Gasteiger partial charge < -0.3 is 9.72 Å². The molecule has 1 aliphatic carbocycles. The zero-order chi connectivity index (χ0) is 17.6. The van der Waals surface area contributed by atoms with Crippen LogP contribution in [-0.2, 0) is 11.9 Å². The monoisotopic (exact) mass is 329 g/mol. The number of nitrogens with zero attached hydrogens (tertiary/aromatic N) is 2. The highest BCUT2D eigenvalue weighted by Crippen LogP contribution is 2.33. The van der Waals surface area contributed by atoms with Gasteiger partial charge in [0.2, 0.25) is 0 Å². The number of fused-ring (bicyclic) bond motifs is 2. The molecule has 0 fully saturated rings. The number of hydrogen-bond donors (Lipinski definition) is 1. The Morgan fingerprint density at radius 3 is 2.92 bits per heavy atom. The first-order chi connectivity index (χ1) is 12.0. The third-order valence-corrected chi connectivity index (χ3v) is 5.04. The summed E-state index contributed by atoms with van der Waals surface area (Å²) < 4.78 is 1.93. The third-order valence-electron chi connectivity index (χ3n) is 5.04. The van der Waals surface area contributed by atoms with E-state index in [2.05, 4.69) is 16.4 Å². The number of rotatable bonds is 2. The maximum absolute atomic E-state index is 13.0. The van der Waals surface area contributed by atoms with Gasteiger partial charge in [-0.3, -0.25) is 4.79 Å². The Morgan fingerprint density at radius 1 is 1.28 bits per heavy atom. The highest BCUT2D eigenvalue weighted by molar-refractivity contribution is 6.18. The standard InChI is InChI=1S/C20H20BN3O/c1-13-12-14(2)24-11-9-16(18(24)22-13)19(25)23-20(21)10-5-7-15-6-3-4-8-17(15)20/h3-4,6,8-9,11-12H,5,7,10H2,1-2H3,(H,23,25). The van der Waals surface area contributed by atoms with Crippen LogP contribution >= 0.6 is 0 Å². The maximum atomic E-state index is 13.0. The van der Waals surface area contributed by atoms with E-state index < -0.39 is 5.44 Å². The van der Waals surface area contributed by atoms with Crippen LogP contribution in [0.25, 0.3) is 5.65 Å². The van der Waals surface area contributed by atoms with E-state index >= 15 is 0 Å². The van der Waals surface area contributed by atoms with Crippen LogP contribution in [0.3, 0.4) is 0 Å². The molecule has 4 rings (SSSR count). The van der Waals surface area contributed by atoms with Crippen LogP contribution in [0.2, 0.25) is 0 Å². The molecular weight excluding hydrogens is 309 g/mol. The van der Waals surface area contributed by atoms with Crippen LogP contribution in [0.1, 0.15) is 45.7 Å². The van der Waals surface area contributed by atoms with E-state index in [1.807, 2.05) is 54.8 Å². The van der Waals surface area contributed by atoms with Crippen LogP contribution in [-0.4, -0.2) is 23.1 Å². The summed E-state index contributed by atoms with van der Waals surface area (Å²) >= 11 is 0. The molecule has 124 valence electrons. The molecule has 2 aromatic heterocycles. The Balaban J connectivity index is 1.72. The molecule has 0 bridgehead atoms. The summed E-state index contributed by atoms with van der Waals surface area (Å²) in [7, 11) is 6.62. The van der Waals surface area contributed by atoms with Gasteiger partial charge >= 0.3 is 0 Å². The molecule has 1 unspecified atom stereocenters. The van der Waals surface area contributed by atoms with Crippen molar-refractivity contribution < 1.29 is 4.79 Å². The number of carbonyl (C=O) groups excluding carboxylic acids is 1. The van der Waals surface area contributed by atoms with E-state index in [0.29, 0.717) is 11.2 Å². The van der Waals surface area contributed by atoms with Crippen molar-refractivity contribution in [2.24, 2.45) is 0 Å². The van der Waals surface area contributed by atoms with E-state index in [-0.39, 0.29) is 5.91 Å². The van der Waals surface area contributed by atoms with Crippen molar-refractivity contribution in [3.05, 3.63) is 70.7 Å². The van der Waals surface area contributed by atoms with Crippen molar-refractivity contribution in [3.63, 3.8) is 0 Å². The summed E-state index contributed by atoms with van der Waals surface area (Å²) in [5.41, 5.74) is 4.55. The van der Waals surface area contributed by atoms with Crippen LogP contribution in [0.5, 0.6) is 0 Å². The van der Waals surface area contributed by atoms with Gasteiger partial charge in [0, 0.05) is 23.0 Å². The number of aromatic nitrogens is 2. The second kappa shape index (κ2) is 5.76. The molecule has 25 heavy (non-hydrogen) atoms. The lowest BCUT2D eigenvalue weighted by atomic mass is 9.64. The first-order valence-corrected chi connectivity index (χ1v) is 8.63. The molecule has 1 aliphatic rings. The van der Waals surface area contributed by atoms with Gasteiger partial charge in [0.15, 0.2) is 0 Å². The topological polar surface area (TPSA) is 46.4 Å². The fraction of sp³-hybridized carbons (Fsp3) is 0.300. The SMILES string of the molecule is [B]C1(NC(=O)c2ccn3c(C)cc(C)nc23)CCCc2ccccc21. The molecule has 0 spiro atoms. The molecule has 1 atom stereocenters. The molecule has 0 aliphatic heterocycles. The molecule has 0 saturated carbocycles. The summed E-state index contributed by atoms with van der Waals surface area (Å²) in [5, 5.41) is 3.07. The second-order valence-corrected chi connectivity index (χ2v) is 6.90. The highest BCUT2D eigenvalue weighted by Gasteiger charge is 2.33. The van der Waals surface area contributed by atoms with Gasteiger partial charge in [-0.05, 0) is 56.4 Å². The van der Waals surface area contributed by atoms with Crippen LogP contribution in [0, 0.1) is 13.8 Å². The number of aryl methyl sites for hydroxylation is 3. The fourth-order valence-corrected chi connectivity index (χ4v) is 3.84. The van der Waals surface area contributed by atoms with Gasteiger partial charge in [0.1, 0.15) is 13.5 Å². The predicted octanol–water partition coefficient (Wildman–Crippen LogP) is 3.04. The van der Waals surface area contributed by atoms with Crippen molar-refractivity contribution in [1.29, 1.82) is 0 Å². The largest absolute Gasteiger partial charge is 0.351 e. The van der Waals surface area contributed by atoms with Crippen molar-refractivity contribution in [3.8, 4) is 0 Å². The minimum atomic E-state index is -0.834. The summed E-state index contributed by atoms with van der Waals surface area (Å²) in [5.74, 6) is -0.181. The molecule has 2 heterocycles. The maximum Gasteiger partial charge on any atom is 0.255 e. The summed E-state index contributed by atoms with van der Waals surface area (Å²) in [6.07, 6.45) is 4.57. The molecular formula is C20H20BN3O. The van der Waals surface area contributed by atoms with E-state index in [0.717, 1.165) is 36.2 Å². The lowest BCUT2D eigenvalue weighted by Crippen LogP contribution is -2.48. The fourth-order valence-electron chi connectivity index (χ4n) is 3.84. The highest BCUT2D eigenvalue weighted by atomic mass is 16.1. The number of amides is 1. The molecule has 2 radical (unpaired) electrons. The zero-order valence-electron chi connectivity index (χ0n) is 14.5.